The molecule has 0 amide bonds. The quantitative estimate of drug-likeness (QED) is 0.866. The van der Waals surface area contributed by atoms with Gasteiger partial charge in [-0.2, -0.15) is 5.26 Å². The highest BCUT2D eigenvalue weighted by Gasteiger charge is 2.21. The van der Waals surface area contributed by atoms with Crippen LogP contribution in [0.5, 0.6) is 0 Å². The molecule has 1 aliphatic rings. The third-order valence-electron chi connectivity index (χ3n) is 3.67. The predicted octanol–water partition coefficient (Wildman–Crippen LogP) is 2.40. The molecule has 0 heterocycles. The van der Waals surface area contributed by atoms with Crippen LogP contribution in [-0.2, 0) is 6.54 Å². The molecule has 1 aromatic rings. The van der Waals surface area contributed by atoms with Crippen LogP contribution in [0.4, 0.5) is 5.69 Å². The Hall–Kier alpha value is -1.53. The highest BCUT2D eigenvalue weighted by molar-refractivity contribution is 5.60. The van der Waals surface area contributed by atoms with Crippen molar-refractivity contribution in [2.75, 3.05) is 11.9 Å². The molecule has 2 rings (SSSR count). The number of nitrogens with two attached hydrogens (primary N) is 1. The third-order valence-corrected chi connectivity index (χ3v) is 3.67. The van der Waals surface area contributed by atoms with Gasteiger partial charge in [-0.05, 0) is 30.5 Å². The Kier molecular flexibility index (Phi) is 3.65. The van der Waals surface area contributed by atoms with Gasteiger partial charge in [-0.1, -0.05) is 18.9 Å². The molecule has 0 bridgehead atoms. The molecule has 0 atom stereocenters. The number of benzene rings is 1. The van der Waals surface area contributed by atoms with Gasteiger partial charge in [0.05, 0.1) is 11.3 Å². The summed E-state index contributed by atoms with van der Waals surface area (Å²) >= 11 is 0. The van der Waals surface area contributed by atoms with E-state index in [4.69, 9.17) is 5.73 Å². The summed E-state index contributed by atoms with van der Waals surface area (Å²) in [5, 5.41) is 9.21. The summed E-state index contributed by atoms with van der Waals surface area (Å²) in [6.45, 7) is 0.488. The molecule has 0 unspecified atom stereocenters. The molecule has 1 fully saturated rings. The minimum absolute atomic E-state index is 0.488. The largest absolute Gasteiger partial charge is 0.371 e. The SMILES string of the molecule is CN(c1ccc(CN)cc1C#N)C1CCCC1. The van der Waals surface area contributed by atoms with E-state index < -0.39 is 0 Å². The van der Waals surface area contributed by atoms with E-state index in [-0.39, 0.29) is 0 Å². The van der Waals surface area contributed by atoms with Gasteiger partial charge in [0.15, 0.2) is 0 Å². The van der Waals surface area contributed by atoms with Crippen LogP contribution >= 0.6 is 0 Å². The van der Waals surface area contributed by atoms with E-state index in [1.54, 1.807) is 0 Å². The molecule has 0 spiro atoms. The van der Waals surface area contributed by atoms with Crippen LogP contribution in [0.25, 0.3) is 0 Å². The standard InChI is InChI=1S/C14H19N3/c1-17(13-4-2-3-5-13)14-7-6-11(9-15)8-12(14)10-16/h6-8,13H,2-5,9,15H2,1H3. The second-order valence-corrected chi connectivity index (χ2v) is 4.72. The third kappa shape index (κ3) is 2.42. The Balaban J connectivity index is 2.28. The van der Waals surface area contributed by atoms with E-state index in [2.05, 4.69) is 18.0 Å². The normalized spacial score (nSPS) is 15.8. The van der Waals surface area contributed by atoms with E-state index >= 15 is 0 Å². The number of rotatable bonds is 3. The zero-order valence-corrected chi connectivity index (χ0v) is 10.3. The molecular weight excluding hydrogens is 210 g/mol. The minimum Gasteiger partial charge on any atom is -0.371 e. The van der Waals surface area contributed by atoms with E-state index in [0.717, 1.165) is 16.8 Å². The van der Waals surface area contributed by atoms with Crippen molar-refractivity contribution in [3.8, 4) is 6.07 Å². The van der Waals surface area contributed by atoms with Gasteiger partial charge in [0, 0.05) is 19.6 Å². The number of nitrogens with zero attached hydrogens (tertiary/aromatic N) is 2. The first-order valence-corrected chi connectivity index (χ1v) is 6.22. The second-order valence-electron chi connectivity index (χ2n) is 4.72. The molecule has 0 radical (unpaired) electrons. The van der Waals surface area contributed by atoms with Crippen molar-refractivity contribution in [3.63, 3.8) is 0 Å². The summed E-state index contributed by atoms with van der Waals surface area (Å²) < 4.78 is 0. The zero-order chi connectivity index (χ0) is 12.3. The average Bonchev–Trinajstić information content (AvgIpc) is 2.91. The molecule has 0 aliphatic heterocycles. The maximum Gasteiger partial charge on any atom is 0.101 e. The Bertz CT molecular complexity index is 428. The fourth-order valence-electron chi connectivity index (χ4n) is 2.60. The van der Waals surface area contributed by atoms with Crippen molar-refractivity contribution in [1.29, 1.82) is 5.26 Å². The fourth-order valence-corrected chi connectivity index (χ4v) is 2.60. The Morgan fingerprint density at radius 3 is 2.71 bits per heavy atom. The van der Waals surface area contributed by atoms with Crippen LogP contribution in [0.1, 0.15) is 36.8 Å². The lowest BCUT2D eigenvalue weighted by Crippen LogP contribution is -2.29. The van der Waals surface area contributed by atoms with Crippen LogP contribution in [0, 0.1) is 11.3 Å². The lowest BCUT2D eigenvalue weighted by molar-refractivity contribution is 0.652. The molecule has 2 N–H and O–H groups in total. The number of nitriles is 1. The van der Waals surface area contributed by atoms with Gasteiger partial charge in [-0.15, -0.1) is 0 Å². The van der Waals surface area contributed by atoms with Gasteiger partial charge in [-0.3, -0.25) is 0 Å². The lowest BCUT2D eigenvalue weighted by Gasteiger charge is -2.27. The predicted molar refractivity (Wildman–Crippen MR) is 69.7 cm³/mol. The first-order chi connectivity index (χ1) is 8.26. The Labute approximate surface area is 103 Å². The highest BCUT2D eigenvalue weighted by Crippen LogP contribution is 2.29. The molecule has 17 heavy (non-hydrogen) atoms. The van der Waals surface area contributed by atoms with Crippen LogP contribution in [0.2, 0.25) is 0 Å². The van der Waals surface area contributed by atoms with Crippen LogP contribution < -0.4 is 10.6 Å². The van der Waals surface area contributed by atoms with E-state index in [1.807, 2.05) is 18.2 Å². The van der Waals surface area contributed by atoms with Crippen molar-refractivity contribution in [2.24, 2.45) is 5.73 Å². The van der Waals surface area contributed by atoms with Gasteiger partial charge in [0.2, 0.25) is 0 Å². The summed E-state index contributed by atoms with van der Waals surface area (Å²) in [6, 6.07) is 8.81. The van der Waals surface area contributed by atoms with Crippen molar-refractivity contribution >= 4 is 5.69 Å². The van der Waals surface area contributed by atoms with Gasteiger partial charge in [0.1, 0.15) is 6.07 Å². The monoisotopic (exact) mass is 229 g/mol. The van der Waals surface area contributed by atoms with Gasteiger partial charge < -0.3 is 10.6 Å². The molecule has 1 saturated carbocycles. The first-order valence-electron chi connectivity index (χ1n) is 6.22. The summed E-state index contributed by atoms with van der Waals surface area (Å²) in [5.41, 5.74) is 8.39. The highest BCUT2D eigenvalue weighted by atomic mass is 15.1. The summed E-state index contributed by atoms with van der Waals surface area (Å²) in [6.07, 6.45) is 5.08. The number of hydrogen-bond acceptors (Lipinski definition) is 3. The molecule has 90 valence electrons. The molecule has 0 aromatic heterocycles. The maximum atomic E-state index is 9.21. The van der Waals surface area contributed by atoms with Gasteiger partial charge in [0.25, 0.3) is 0 Å². The molecule has 0 saturated heterocycles. The van der Waals surface area contributed by atoms with Crippen molar-refractivity contribution in [2.45, 2.75) is 38.3 Å². The van der Waals surface area contributed by atoms with Gasteiger partial charge >= 0.3 is 0 Å². The molecular formula is C14H19N3. The fraction of sp³-hybridized carbons (Fsp3) is 0.500. The topological polar surface area (TPSA) is 53.0 Å². The summed E-state index contributed by atoms with van der Waals surface area (Å²) in [5.74, 6) is 0. The smallest absolute Gasteiger partial charge is 0.101 e. The van der Waals surface area contributed by atoms with Crippen molar-refractivity contribution in [1.82, 2.24) is 0 Å². The molecule has 1 aliphatic carbocycles. The van der Waals surface area contributed by atoms with E-state index in [1.165, 1.54) is 25.7 Å². The average molecular weight is 229 g/mol. The van der Waals surface area contributed by atoms with Crippen molar-refractivity contribution < 1.29 is 0 Å². The second kappa shape index (κ2) is 5.20. The summed E-state index contributed by atoms with van der Waals surface area (Å²) in [4.78, 5) is 2.26. The molecule has 3 heteroatoms. The maximum absolute atomic E-state index is 9.21. The zero-order valence-electron chi connectivity index (χ0n) is 10.3. The van der Waals surface area contributed by atoms with Crippen LogP contribution in [0.3, 0.4) is 0 Å². The molecule has 1 aromatic carbocycles. The number of hydrogen-bond donors (Lipinski definition) is 1. The first kappa shape index (κ1) is 11.9. The Morgan fingerprint density at radius 2 is 2.12 bits per heavy atom. The van der Waals surface area contributed by atoms with E-state index in [9.17, 15) is 5.26 Å². The summed E-state index contributed by atoms with van der Waals surface area (Å²) in [7, 11) is 2.09. The minimum atomic E-state index is 0.488. The van der Waals surface area contributed by atoms with Crippen LogP contribution in [-0.4, -0.2) is 13.1 Å². The Morgan fingerprint density at radius 1 is 1.41 bits per heavy atom. The molecule has 3 nitrogen and oxygen atoms in total. The van der Waals surface area contributed by atoms with Crippen LogP contribution in [0.15, 0.2) is 18.2 Å². The van der Waals surface area contributed by atoms with Crippen molar-refractivity contribution in [3.05, 3.63) is 29.3 Å². The van der Waals surface area contributed by atoms with Gasteiger partial charge in [-0.25, -0.2) is 0 Å². The number of anilines is 1. The van der Waals surface area contributed by atoms with E-state index in [0.29, 0.717) is 12.6 Å². The lowest BCUT2D eigenvalue weighted by atomic mass is 10.1.